The monoisotopic (exact) mass is 469 g/mol. The van der Waals surface area contributed by atoms with E-state index in [0.29, 0.717) is 17.8 Å². The number of nitrogens with zero attached hydrogens (tertiary/aromatic N) is 3. The van der Waals surface area contributed by atoms with Crippen molar-refractivity contribution in [2.75, 3.05) is 26.7 Å². The highest BCUT2D eigenvalue weighted by atomic mass is 32.1. The number of carbonyl (C=O) groups excluding carboxylic acids is 2. The molecule has 2 heterocycles. The van der Waals surface area contributed by atoms with Gasteiger partial charge in [0.05, 0.1) is 25.3 Å². The first-order chi connectivity index (χ1) is 16.0. The topological polar surface area (TPSA) is 72.0 Å². The van der Waals surface area contributed by atoms with Crippen LogP contribution in [0.3, 0.4) is 0 Å². The summed E-state index contributed by atoms with van der Waals surface area (Å²) >= 11 is 1.32. The van der Waals surface area contributed by atoms with E-state index < -0.39 is 6.10 Å². The average Bonchev–Trinajstić information content (AvgIpc) is 3.32. The molecule has 7 nitrogen and oxygen atoms in total. The third kappa shape index (κ3) is 5.74. The van der Waals surface area contributed by atoms with Crippen LogP contribution in [0.5, 0.6) is 5.75 Å². The van der Waals surface area contributed by atoms with Crippen molar-refractivity contribution >= 4 is 23.2 Å². The molecular weight excluding hydrogens is 445 g/mol. The molecule has 1 unspecified atom stereocenters. The van der Waals surface area contributed by atoms with Crippen molar-refractivity contribution in [2.24, 2.45) is 0 Å². The second-order valence-electron chi connectivity index (χ2n) is 7.71. The minimum Gasteiger partial charge on any atom is -0.497 e. The van der Waals surface area contributed by atoms with Gasteiger partial charge in [0.1, 0.15) is 23.8 Å². The fourth-order valence-corrected chi connectivity index (χ4v) is 4.17. The van der Waals surface area contributed by atoms with Crippen LogP contribution in [-0.2, 0) is 22.7 Å². The Morgan fingerprint density at radius 2 is 1.97 bits per heavy atom. The van der Waals surface area contributed by atoms with E-state index in [2.05, 4.69) is 4.98 Å². The molecule has 0 radical (unpaired) electrons. The van der Waals surface area contributed by atoms with Crippen LogP contribution < -0.4 is 4.74 Å². The third-order valence-corrected chi connectivity index (χ3v) is 6.02. The van der Waals surface area contributed by atoms with Crippen LogP contribution in [0.15, 0.2) is 59.4 Å². The van der Waals surface area contributed by atoms with Gasteiger partial charge in [0.15, 0.2) is 0 Å². The van der Waals surface area contributed by atoms with Gasteiger partial charge in [0.2, 0.25) is 5.91 Å². The minimum absolute atomic E-state index is 0.0423. The number of carbonyl (C=O) groups is 2. The van der Waals surface area contributed by atoms with Gasteiger partial charge in [-0.25, -0.2) is 9.37 Å². The predicted molar refractivity (Wildman–Crippen MR) is 121 cm³/mol. The fourth-order valence-electron chi connectivity index (χ4n) is 3.65. The van der Waals surface area contributed by atoms with Gasteiger partial charge in [-0.3, -0.25) is 9.59 Å². The van der Waals surface area contributed by atoms with Crippen molar-refractivity contribution in [3.05, 3.63) is 82.1 Å². The number of rotatable bonds is 7. The Labute approximate surface area is 195 Å². The number of thiazole rings is 1. The molecule has 1 fully saturated rings. The molecule has 0 aliphatic carbocycles. The SMILES string of the molecule is COc1ccc(CN2CC(OCc3ccccc3F)CN(C(=O)c3cscn3)CC2=O)cc1. The number of hydrogen-bond acceptors (Lipinski definition) is 6. The maximum Gasteiger partial charge on any atom is 0.273 e. The van der Waals surface area contributed by atoms with Gasteiger partial charge in [-0.05, 0) is 23.8 Å². The van der Waals surface area contributed by atoms with E-state index in [4.69, 9.17) is 9.47 Å². The van der Waals surface area contributed by atoms with Gasteiger partial charge in [-0.2, -0.15) is 0 Å². The van der Waals surface area contributed by atoms with Gasteiger partial charge in [0, 0.05) is 30.6 Å². The lowest BCUT2D eigenvalue weighted by atomic mass is 10.2. The first kappa shape index (κ1) is 22.9. The summed E-state index contributed by atoms with van der Waals surface area (Å²) in [5.74, 6) is -0.137. The van der Waals surface area contributed by atoms with Crippen molar-refractivity contribution in [3.63, 3.8) is 0 Å². The first-order valence-corrected chi connectivity index (χ1v) is 11.4. The number of aromatic nitrogens is 1. The lowest BCUT2D eigenvalue weighted by molar-refractivity contribution is -0.132. The molecule has 3 aromatic rings. The highest BCUT2D eigenvalue weighted by molar-refractivity contribution is 7.07. The van der Waals surface area contributed by atoms with Crippen LogP contribution >= 0.6 is 11.3 Å². The van der Waals surface area contributed by atoms with E-state index in [0.717, 1.165) is 11.3 Å². The Kier molecular flexibility index (Phi) is 7.31. The molecule has 1 aliphatic heterocycles. The van der Waals surface area contributed by atoms with Crippen molar-refractivity contribution in [2.45, 2.75) is 19.3 Å². The van der Waals surface area contributed by atoms with E-state index in [-0.39, 0.29) is 43.9 Å². The number of ether oxygens (including phenoxy) is 2. The summed E-state index contributed by atoms with van der Waals surface area (Å²) in [6.45, 7) is 0.809. The lowest BCUT2D eigenvalue weighted by Crippen LogP contribution is -2.39. The van der Waals surface area contributed by atoms with E-state index in [1.807, 2.05) is 24.3 Å². The summed E-state index contributed by atoms with van der Waals surface area (Å²) in [5.41, 5.74) is 3.22. The second-order valence-corrected chi connectivity index (χ2v) is 8.42. The molecule has 33 heavy (non-hydrogen) atoms. The third-order valence-electron chi connectivity index (χ3n) is 5.43. The predicted octanol–water partition coefficient (Wildman–Crippen LogP) is 3.36. The molecule has 1 aliphatic rings. The Balaban J connectivity index is 1.52. The van der Waals surface area contributed by atoms with Crippen LogP contribution in [0, 0.1) is 5.82 Å². The summed E-state index contributed by atoms with van der Waals surface area (Å²) in [6.07, 6.45) is -0.489. The Bertz CT molecular complexity index is 1090. The van der Waals surface area contributed by atoms with E-state index in [1.54, 1.807) is 41.1 Å². The van der Waals surface area contributed by atoms with E-state index in [9.17, 15) is 14.0 Å². The Hall–Kier alpha value is -3.30. The first-order valence-electron chi connectivity index (χ1n) is 10.5. The molecule has 1 aromatic heterocycles. The quantitative estimate of drug-likeness (QED) is 0.531. The standard InChI is InChI=1S/C24H24FN3O4S/c1-31-19-8-6-17(7-9-19)10-27-11-20(32-14-18-4-2-3-5-21(18)25)12-28(13-23(27)29)24(30)22-15-33-16-26-22/h2-9,15-16,20H,10-14H2,1H3. The van der Waals surface area contributed by atoms with Gasteiger partial charge in [0.25, 0.3) is 5.91 Å². The number of halogens is 1. The number of amides is 2. The molecule has 2 aromatic carbocycles. The van der Waals surface area contributed by atoms with Gasteiger partial charge >= 0.3 is 0 Å². The Morgan fingerprint density at radius 1 is 1.18 bits per heavy atom. The molecule has 9 heteroatoms. The number of benzene rings is 2. The zero-order valence-electron chi connectivity index (χ0n) is 18.1. The van der Waals surface area contributed by atoms with E-state index in [1.165, 1.54) is 22.3 Å². The maximum atomic E-state index is 14.1. The van der Waals surface area contributed by atoms with Crippen molar-refractivity contribution in [1.82, 2.24) is 14.8 Å². The molecule has 172 valence electrons. The van der Waals surface area contributed by atoms with Crippen LogP contribution in [0.1, 0.15) is 21.6 Å². The molecular formula is C24H24FN3O4S. The van der Waals surface area contributed by atoms with Crippen molar-refractivity contribution in [1.29, 1.82) is 0 Å². The second kappa shape index (κ2) is 10.5. The average molecular weight is 470 g/mol. The summed E-state index contributed by atoms with van der Waals surface area (Å²) in [5, 5.41) is 1.65. The molecule has 1 atom stereocenters. The summed E-state index contributed by atoms with van der Waals surface area (Å²) in [6, 6.07) is 13.9. The van der Waals surface area contributed by atoms with E-state index >= 15 is 0 Å². The van der Waals surface area contributed by atoms with Crippen LogP contribution in [0.25, 0.3) is 0 Å². The van der Waals surface area contributed by atoms with Gasteiger partial charge in [-0.15, -0.1) is 11.3 Å². The summed E-state index contributed by atoms with van der Waals surface area (Å²) in [4.78, 5) is 33.2. The zero-order valence-corrected chi connectivity index (χ0v) is 19.0. The zero-order chi connectivity index (χ0) is 23.2. The largest absolute Gasteiger partial charge is 0.497 e. The number of methoxy groups -OCH3 is 1. The summed E-state index contributed by atoms with van der Waals surface area (Å²) in [7, 11) is 1.60. The highest BCUT2D eigenvalue weighted by Crippen LogP contribution is 2.18. The Morgan fingerprint density at radius 3 is 2.67 bits per heavy atom. The molecule has 0 bridgehead atoms. The molecule has 0 saturated carbocycles. The molecule has 2 amide bonds. The van der Waals surface area contributed by atoms with Crippen molar-refractivity contribution < 1.29 is 23.5 Å². The fraction of sp³-hybridized carbons (Fsp3) is 0.292. The molecule has 0 N–H and O–H groups in total. The summed E-state index contributed by atoms with van der Waals surface area (Å²) < 4.78 is 25.3. The molecule has 1 saturated heterocycles. The molecule has 0 spiro atoms. The minimum atomic E-state index is -0.489. The maximum absolute atomic E-state index is 14.1. The van der Waals surface area contributed by atoms with Crippen LogP contribution in [0.2, 0.25) is 0 Å². The lowest BCUT2D eigenvalue weighted by Gasteiger charge is -2.25. The van der Waals surface area contributed by atoms with Crippen molar-refractivity contribution in [3.8, 4) is 5.75 Å². The smallest absolute Gasteiger partial charge is 0.273 e. The molecule has 4 rings (SSSR count). The highest BCUT2D eigenvalue weighted by Gasteiger charge is 2.32. The normalized spacial score (nSPS) is 16.5. The number of hydrogen-bond donors (Lipinski definition) is 0. The van der Waals surface area contributed by atoms with Gasteiger partial charge in [-0.1, -0.05) is 30.3 Å². The van der Waals surface area contributed by atoms with Gasteiger partial charge < -0.3 is 19.3 Å². The van der Waals surface area contributed by atoms with Crippen LogP contribution in [-0.4, -0.2) is 59.4 Å². The van der Waals surface area contributed by atoms with Crippen LogP contribution in [0.4, 0.5) is 4.39 Å².